The molecule has 1 aromatic rings. The molecule has 2 amide bonds. The van der Waals surface area contributed by atoms with Gasteiger partial charge in [0, 0.05) is 13.1 Å². The number of carbonyl (C=O) groups excluding carboxylic acids is 2. The number of rotatable bonds is 10. The van der Waals surface area contributed by atoms with Crippen molar-refractivity contribution in [1.82, 2.24) is 10.2 Å². The third-order valence-electron chi connectivity index (χ3n) is 7.08. The van der Waals surface area contributed by atoms with E-state index in [1.54, 1.807) is 18.6 Å². The lowest BCUT2D eigenvalue weighted by Gasteiger charge is -2.35. The average Bonchev–Trinajstić information content (AvgIpc) is 3.22. The minimum Gasteiger partial charge on any atom is -0.352 e. The van der Waals surface area contributed by atoms with Crippen molar-refractivity contribution in [2.45, 2.75) is 64.3 Å². The lowest BCUT2D eigenvalue weighted by Crippen LogP contribution is -2.54. The van der Waals surface area contributed by atoms with Crippen LogP contribution in [0.3, 0.4) is 0 Å². The fourth-order valence-electron chi connectivity index (χ4n) is 5.13. The number of piperidine rings is 1. The number of amidine groups is 1. The number of carbonyl (C=O) groups is 2. The SMILES string of the molecule is C=CC(=O)N1CCCCC1C1=C2C=NC=C[N+]2(N)C(c2ccccc2C(=O)NCCCCCCC)=N1. The van der Waals surface area contributed by atoms with Gasteiger partial charge in [0.05, 0.1) is 29.6 Å². The van der Waals surface area contributed by atoms with Crippen molar-refractivity contribution >= 4 is 23.9 Å². The van der Waals surface area contributed by atoms with Gasteiger partial charge in [-0.25, -0.2) is 0 Å². The fourth-order valence-corrected chi connectivity index (χ4v) is 5.13. The number of nitrogens with one attached hydrogen (secondary N) is 1. The molecule has 1 fully saturated rings. The van der Waals surface area contributed by atoms with Crippen LogP contribution < -0.4 is 11.2 Å². The number of aliphatic imine (C=N–C) groups is 2. The zero-order valence-corrected chi connectivity index (χ0v) is 21.2. The fraction of sp³-hybridized carbons (Fsp3) is 0.429. The van der Waals surface area contributed by atoms with Crippen molar-refractivity contribution in [1.29, 1.82) is 0 Å². The second kappa shape index (κ2) is 11.6. The van der Waals surface area contributed by atoms with Crippen LogP contribution in [-0.2, 0) is 4.79 Å². The first-order valence-corrected chi connectivity index (χ1v) is 13.0. The summed E-state index contributed by atoms with van der Waals surface area (Å²) >= 11 is 0. The molecular formula is C28H37N6O2+. The van der Waals surface area contributed by atoms with Crippen LogP contribution >= 0.6 is 0 Å². The van der Waals surface area contributed by atoms with Gasteiger partial charge in [-0.1, -0.05) is 51.3 Å². The Labute approximate surface area is 213 Å². The molecule has 8 nitrogen and oxygen atoms in total. The average molecular weight is 490 g/mol. The van der Waals surface area contributed by atoms with Gasteiger partial charge in [0.1, 0.15) is 11.9 Å². The van der Waals surface area contributed by atoms with E-state index < -0.39 is 0 Å². The van der Waals surface area contributed by atoms with E-state index in [4.69, 9.17) is 10.8 Å². The number of allylic oxidation sites excluding steroid dienone is 1. The highest BCUT2D eigenvalue weighted by Gasteiger charge is 2.48. The van der Waals surface area contributed by atoms with Gasteiger partial charge in [0.2, 0.25) is 11.6 Å². The summed E-state index contributed by atoms with van der Waals surface area (Å²) in [5.74, 6) is 7.24. The van der Waals surface area contributed by atoms with Crippen LogP contribution in [0.15, 0.2) is 70.7 Å². The topological polar surface area (TPSA) is 100 Å². The maximum absolute atomic E-state index is 13.2. The van der Waals surface area contributed by atoms with Crippen molar-refractivity contribution < 1.29 is 14.2 Å². The van der Waals surface area contributed by atoms with Gasteiger partial charge in [-0.15, -0.1) is 4.59 Å². The molecule has 2 unspecified atom stereocenters. The van der Waals surface area contributed by atoms with Gasteiger partial charge in [-0.3, -0.25) is 14.6 Å². The Morgan fingerprint density at radius 2 is 2.03 bits per heavy atom. The Balaban J connectivity index is 1.65. The summed E-state index contributed by atoms with van der Waals surface area (Å²) in [4.78, 5) is 37.0. The number of nitrogens with zero attached hydrogens (tertiary/aromatic N) is 4. The maximum atomic E-state index is 13.2. The molecule has 36 heavy (non-hydrogen) atoms. The van der Waals surface area contributed by atoms with E-state index in [0.717, 1.165) is 37.8 Å². The third kappa shape index (κ3) is 5.10. The molecular weight excluding hydrogens is 452 g/mol. The molecule has 4 rings (SSSR count). The van der Waals surface area contributed by atoms with Crippen LogP contribution in [0.2, 0.25) is 0 Å². The number of unbranched alkanes of at least 4 members (excludes halogenated alkanes) is 4. The molecule has 0 aromatic heterocycles. The number of hydrogen-bond donors (Lipinski definition) is 2. The number of quaternary nitrogens is 1. The Kier molecular flexibility index (Phi) is 8.28. The highest BCUT2D eigenvalue weighted by molar-refractivity contribution is 6.09. The van der Waals surface area contributed by atoms with Gasteiger partial charge in [-0.05, 0) is 43.9 Å². The molecule has 2 atom stereocenters. The van der Waals surface area contributed by atoms with E-state index in [1.165, 1.54) is 25.3 Å². The van der Waals surface area contributed by atoms with Gasteiger partial charge in [0.25, 0.3) is 11.7 Å². The molecule has 3 aliphatic heterocycles. The molecule has 190 valence electrons. The molecule has 3 heterocycles. The molecule has 3 aliphatic rings. The Bertz CT molecular complexity index is 1130. The number of hydrogen-bond acceptors (Lipinski definition) is 5. The summed E-state index contributed by atoms with van der Waals surface area (Å²) in [5.41, 5.74) is 2.65. The molecule has 0 aliphatic carbocycles. The lowest BCUT2D eigenvalue weighted by atomic mass is 9.98. The predicted molar refractivity (Wildman–Crippen MR) is 143 cm³/mol. The van der Waals surface area contributed by atoms with Crippen LogP contribution in [0.4, 0.5) is 0 Å². The summed E-state index contributed by atoms with van der Waals surface area (Å²) < 4.78 is -0.188. The summed E-state index contributed by atoms with van der Waals surface area (Å²) in [6.45, 7) is 7.14. The van der Waals surface area contributed by atoms with Crippen molar-refractivity contribution in [3.8, 4) is 0 Å². The number of amides is 2. The third-order valence-corrected chi connectivity index (χ3v) is 7.08. The molecule has 3 N–H and O–H groups in total. The standard InChI is InChI=1S/C28H36N6O2/c1-3-5-6-7-11-16-31-28(36)22-14-9-8-13-21(22)27-32-26(24-20-30-17-19-34(24,27)29)23-15-10-12-18-33(23)25(35)4-2/h4,8-9,13-14,17,19-20,23H,2-3,5-7,10-12,15-16,18,29H2,1H3/p+1. The van der Waals surface area contributed by atoms with Crippen molar-refractivity contribution in [3.05, 3.63) is 71.8 Å². The van der Waals surface area contributed by atoms with Crippen LogP contribution in [-0.4, -0.2) is 52.5 Å². The van der Waals surface area contributed by atoms with Crippen molar-refractivity contribution in [2.75, 3.05) is 13.1 Å². The highest BCUT2D eigenvalue weighted by atomic mass is 16.2. The Hall–Kier alpha value is -3.36. The molecule has 8 heteroatoms. The minimum atomic E-state index is -0.222. The van der Waals surface area contributed by atoms with Gasteiger partial charge in [-0.2, -0.15) is 10.8 Å². The second-order valence-electron chi connectivity index (χ2n) is 9.52. The maximum Gasteiger partial charge on any atom is 0.265 e. The van der Waals surface area contributed by atoms with E-state index in [1.807, 2.05) is 29.2 Å². The first kappa shape index (κ1) is 25.7. The molecule has 0 bridgehead atoms. The second-order valence-corrected chi connectivity index (χ2v) is 9.52. The number of fused-ring (bicyclic) bond motifs is 1. The summed E-state index contributed by atoms with van der Waals surface area (Å²) in [6.07, 6.45) is 14.9. The predicted octanol–water partition coefficient (Wildman–Crippen LogP) is 4.17. The molecule has 0 radical (unpaired) electrons. The van der Waals surface area contributed by atoms with E-state index in [0.29, 0.717) is 35.7 Å². The highest BCUT2D eigenvalue weighted by Crippen LogP contribution is 2.37. The smallest absolute Gasteiger partial charge is 0.265 e. The first-order chi connectivity index (χ1) is 17.5. The van der Waals surface area contributed by atoms with Crippen LogP contribution in [0.5, 0.6) is 0 Å². The number of benzene rings is 1. The monoisotopic (exact) mass is 489 g/mol. The molecule has 1 aromatic carbocycles. The van der Waals surface area contributed by atoms with Gasteiger partial charge >= 0.3 is 0 Å². The molecule has 0 spiro atoms. The largest absolute Gasteiger partial charge is 0.352 e. The molecule has 0 saturated carbocycles. The van der Waals surface area contributed by atoms with E-state index >= 15 is 0 Å². The van der Waals surface area contributed by atoms with Crippen LogP contribution in [0.25, 0.3) is 0 Å². The Morgan fingerprint density at radius 1 is 1.22 bits per heavy atom. The number of nitrogens with two attached hydrogens (primary N) is 1. The number of likely N-dealkylation sites (tertiary alicyclic amines) is 1. The van der Waals surface area contributed by atoms with Gasteiger partial charge < -0.3 is 10.2 Å². The quantitative estimate of drug-likeness (QED) is 0.223. The van der Waals surface area contributed by atoms with E-state index in [2.05, 4.69) is 23.8 Å². The molecule has 1 saturated heterocycles. The van der Waals surface area contributed by atoms with Crippen LogP contribution in [0, 0.1) is 0 Å². The first-order valence-electron chi connectivity index (χ1n) is 13.0. The summed E-state index contributed by atoms with van der Waals surface area (Å²) in [7, 11) is 0. The lowest BCUT2D eigenvalue weighted by molar-refractivity contribution is -0.750. The zero-order chi connectivity index (χ0) is 25.5. The van der Waals surface area contributed by atoms with E-state index in [9.17, 15) is 9.59 Å². The van der Waals surface area contributed by atoms with Crippen molar-refractivity contribution in [3.63, 3.8) is 0 Å². The Morgan fingerprint density at radius 3 is 2.83 bits per heavy atom. The summed E-state index contributed by atoms with van der Waals surface area (Å²) in [6, 6.07) is 7.21. The minimum absolute atomic E-state index is 0.117. The summed E-state index contributed by atoms with van der Waals surface area (Å²) in [5, 5.41) is 3.06. The van der Waals surface area contributed by atoms with Crippen molar-refractivity contribution in [2.24, 2.45) is 15.8 Å². The van der Waals surface area contributed by atoms with Gasteiger partial charge in [0.15, 0.2) is 0 Å². The van der Waals surface area contributed by atoms with E-state index in [-0.39, 0.29) is 22.4 Å². The zero-order valence-electron chi connectivity index (χ0n) is 21.2. The normalized spacial score (nSPS) is 22.9. The van der Waals surface area contributed by atoms with Crippen LogP contribution in [0.1, 0.15) is 74.2 Å².